The van der Waals surface area contributed by atoms with Gasteiger partial charge in [0.05, 0.1) is 0 Å². The van der Waals surface area contributed by atoms with Crippen LogP contribution in [0.1, 0.15) is 6.42 Å². The van der Waals surface area contributed by atoms with Crippen molar-refractivity contribution in [3.05, 3.63) is 5.53 Å². The third-order valence-corrected chi connectivity index (χ3v) is 0.488. The monoisotopic (exact) mass is 118 g/mol. The van der Waals surface area contributed by atoms with Crippen molar-refractivity contribution in [1.82, 2.24) is 0 Å². The molecule has 0 saturated heterocycles. The van der Waals surface area contributed by atoms with E-state index in [1.807, 2.05) is 0 Å². The molecule has 0 rings (SSSR count). The van der Waals surface area contributed by atoms with Gasteiger partial charge >= 0.3 is 0 Å². The van der Waals surface area contributed by atoms with Crippen molar-refractivity contribution in [3.8, 4) is 0 Å². The van der Waals surface area contributed by atoms with Crippen molar-refractivity contribution in [3.63, 3.8) is 0 Å². The van der Waals surface area contributed by atoms with Gasteiger partial charge in [-0.2, -0.15) is 4.79 Å². The van der Waals surface area contributed by atoms with Crippen molar-refractivity contribution < 1.29 is 9.58 Å². The van der Waals surface area contributed by atoms with Gasteiger partial charge in [-0.05, 0) is 11.6 Å². The van der Waals surface area contributed by atoms with Crippen LogP contribution in [-0.2, 0) is 4.79 Å². The van der Waals surface area contributed by atoms with E-state index in [-0.39, 0.29) is 6.42 Å². The predicted octanol–water partition coefficient (Wildman–Crippen LogP) is 0.443. The molecular weight excluding hydrogens is 115 g/mol. The average Bonchev–Trinajstić information content (AvgIpc) is 1.61. The molecule has 0 aromatic heterocycles. The molecule has 0 aliphatic carbocycles. The highest BCUT2D eigenvalue weighted by atomic mass is 35.5. The maximum Gasteiger partial charge on any atom is 0.266 e. The number of carbonyl (C=O) groups excluding carboxylic acids is 1. The standard InChI is InChI=1S/C3H3ClN2O/c4-3(7)1-2-6-5/h2H,1H2. The molecule has 0 saturated carbocycles. The van der Waals surface area contributed by atoms with Gasteiger partial charge < -0.3 is 5.53 Å². The topological polar surface area (TPSA) is 53.5 Å². The maximum absolute atomic E-state index is 9.77. The second kappa shape index (κ2) is 3.53. The van der Waals surface area contributed by atoms with E-state index in [0.717, 1.165) is 6.21 Å². The van der Waals surface area contributed by atoms with Crippen molar-refractivity contribution >= 4 is 23.1 Å². The van der Waals surface area contributed by atoms with E-state index in [9.17, 15) is 4.79 Å². The minimum Gasteiger partial charge on any atom is -0.362 e. The van der Waals surface area contributed by atoms with Crippen LogP contribution in [0.2, 0.25) is 0 Å². The Morgan fingerprint density at radius 3 is 2.71 bits per heavy atom. The van der Waals surface area contributed by atoms with Crippen molar-refractivity contribution in [2.24, 2.45) is 0 Å². The van der Waals surface area contributed by atoms with E-state index in [1.54, 1.807) is 0 Å². The highest BCUT2D eigenvalue weighted by Gasteiger charge is 1.91. The molecular formula is C3H3ClN2O. The van der Waals surface area contributed by atoms with Gasteiger partial charge in [0, 0.05) is 0 Å². The normalized spacial score (nSPS) is 7.00. The highest BCUT2D eigenvalue weighted by molar-refractivity contribution is 6.64. The summed E-state index contributed by atoms with van der Waals surface area (Å²) in [5.41, 5.74) is 7.67. The first-order valence-corrected chi connectivity index (χ1v) is 1.99. The molecule has 3 nitrogen and oxygen atoms in total. The zero-order valence-electron chi connectivity index (χ0n) is 3.47. The molecule has 0 aromatic rings. The quantitative estimate of drug-likeness (QED) is 0.225. The Morgan fingerprint density at radius 1 is 2.00 bits per heavy atom. The SMILES string of the molecule is [N-]=[N+]=CCC(=O)Cl. The van der Waals surface area contributed by atoms with E-state index < -0.39 is 5.24 Å². The zero-order valence-corrected chi connectivity index (χ0v) is 4.22. The molecule has 0 heterocycles. The first-order valence-electron chi connectivity index (χ1n) is 1.61. The van der Waals surface area contributed by atoms with Gasteiger partial charge in [0.25, 0.3) is 6.21 Å². The Labute approximate surface area is 45.5 Å². The number of nitrogens with zero attached hydrogens (tertiary/aromatic N) is 2. The van der Waals surface area contributed by atoms with Gasteiger partial charge in [-0.3, -0.25) is 4.79 Å². The smallest absolute Gasteiger partial charge is 0.266 e. The Balaban J connectivity index is 3.32. The van der Waals surface area contributed by atoms with Crippen LogP contribution >= 0.6 is 11.6 Å². The Bertz CT molecular complexity index is 116. The predicted molar refractivity (Wildman–Crippen MR) is 25.2 cm³/mol. The number of halogens is 1. The molecule has 0 aliphatic heterocycles. The molecule has 0 atom stereocenters. The molecule has 0 N–H and O–H groups in total. The first kappa shape index (κ1) is 6.34. The van der Waals surface area contributed by atoms with Crippen molar-refractivity contribution in [2.45, 2.75) is 6.42 Å². The summed E-state index contributed by atoms with van der Waals surface area (Å²) in [6, 6.07) is 0. The summed E-state index contributed by atoms with van der Waals surface area (Å²) in [5, 5.41) is -0.530. The van der Waals surface area contributed by atoms with Gasteiger partial charge in [-0.1, -0.05) is 0 Å². The molecule has 0 fully saturated rings. The van der Waals surface area contributed by atoms with E-state index in [1.165, 1.54) is 0 Å². The highest BCUT2D eigenvalue weighted by Crippen LogP contribution is 1.80. The van der Waals surface area contributed by atoms with Gasteiger partial charge in [0.15, 0.2) is 0 Å². The van der Waals surface area contributed by atoms with Crippen LogP contribution in [0, 0.1) is 0 Å². The minimum absolute atomic E-state index is 0.0158. The summed E-state index contributed by atoms with van der Waals surface area (Å²) >= 11 is 4.82. The molecule has 0 aromatic carbocycles. The fourth-order valence-electron chi connectivity index (χ4n) is 0.113. The van der Waals surface area contributed by atoms with Crippen LogP contribution in [0.4, 0.5) is 0 Å². The Hall–Kier alpha value is -0.660. The molecule has 0 aliphatic rings. The average molecular weight is 119 g/mol. The number of carbonyl (C=O) groups is 1. The second-order valence-corrected chi connectivity index (χ2v) is 1.28. The molecule has 0 bridgehead atoms. The van der Waals surface area contributed by atoms with Gasteiger partial charge in [0.2, 0.25) is 5.24 Å². The van der Waals surface area contributed by atoms with Gasteiger partial charge in [0.1, 0.15) is 6.42 Å². The zero-order chi connectivity index (χ0) is 5.70. The summed E-state index contributed by atoms with van der Waals surface area (Å²) < 4.78 is 0. The van der Waals surface area contributed by atoms with Crippen LogP contribution in [0.5, 0.6) is 0 Å². The lowest BCUT2D eigenvalue weighted by Gasteiger charge is -1.66. The molecule has 0 radical (unpaired) electrons. The van der Waals surface area contributed by atoms with E-state index >= 15 is 0 Å². The van der Waals surface area contributed by atoms with Crippen LogP contribution in [0.3, 0.4) is 0 Å². The molecule has 0 amide bonds. The fraction of sp³-hybridized carbons (Fsp3) is 0.333. The summed E-state index contributed by atoms with van der Waals surface area (Å²) in [4.78, 5) is 12.3. The van der Waals surface area contributed by atoms with Crippen LogP contribution in [0.15, 0.2) is 0 Å². The lowest BCUT2D eigenvalue weighted by molar-refractivity contribution is -0.111. The number of hydrogen-bond donors (Lipinski definition) is 0. The molecule has 0 unspecified atom stereocenters. The van der Waals surface area contributed by atoms with Crippen molar-refractivity contribution in [2.75, 3.05) is 0 Å². The summed E-state index contributed by atoms with van der Waals surface area (Å²) in [5.74, 6) is 0. The molecule has 0 spiro atoms. The molecule has 38 valence electrons. The number of hydrogen-bond acceptors (Lipinski definition) is 1. The Kier molecular flexibility index (Phi) is 3.19. The summed E-state index contributed by atoms with van der Waals surface area (Å²) in [6.07, 6.45) is 1.01. The lowest BCUT2D eigenvalue weighted by atomic mass is 10.5. The van der Waals surface area contributed by atoms with Crippen LogP contribution < -0.4 is 0 Å². The van der Waals surface area contributed by atoms with Gasteiger partial charge in [-0.25, -0.2) is 0 Å². The van der Waals surface area contributed by atoms with E-state index in [4.69, 9.17) is 17.1 Å². The van der Waals surface area contributed by atoms with Crippen LogP contribution in [-0.4, -0.2) is 16.2 Å². The van der Waals surface area contributed by atoms with Crippen LogP contribution in [0.25, 0.3) is 5.53 Å². The van der Waals surface area contributed by atoms with E-state index in [0.29, 0.717) is 0 Å². The third kappa shape index (κ3) is 5.34. The Morgan fingerprint density at radius 2 is 2.57 bits per heavy atom. The molecule has 4 heteroatoms. The van der Waals surface area contributed by atoms with Gasteiger partial charge in [-0.15, -0.1) is 0 Å². The largest absolute Gasteiger partial charge is 0.362 e. The fourth-order valence-corrected chi connectivity index (χ4v) is 0.182. The first-order chi connectivity index (χ1) is 3.27. The number of rotatable bonds is 2. The van der Waals surface area contributed by atoms with E-state index in [2.05, 4.69) is 4.79 Å². The second-order valence-electron chi connectivity index (χ2n) is 0.857. The minimum atomic E-state index is -0.530. The molecule has 7 heavy (non-hydrogen) atoms. The summed E-state index contributed by atoms with van der Waals surface area (Å²) in [7, 11) is 0. The third-order valence-electron chi connectivity index (χ3n) is 0.333. The summed E-state index contributed by atoms with van der Waals surface area (Å²) in [6.45, 7) is 0. The maximum atomic E-state index is 9.77. The lowest BCUT2D eigenvalue weighted by Crippen LogP contribution is -1.85. The van der Waals surface area contributed by atoms with Crippen molar-refractivity contribution in [1.29, 1.82) is 0 Å².